The normalized spacial score (nSPS) is 14.8. The number of hydrogen-bond donors (Lipinski definition) is 1. The molecule has 0 spiro atoms. The van der Waals surface area contributed by atoms with Crippen molar-refractivity contribution in [3.8, 4) is 0 Å². The molecule has 1 aromatic rings. The summed E-state index contributed by atoms with van der Waals surface area (Å²) in [6, 6.07) is 6.28. The van der Waals surface area contributed by atoms with Crippen LogP contribution >= 0.6 is 11.6 Å². The van der Waals surface area contributed by atoms with Crippen molar-refractivity contribution in [2.75, 3.05) is 24.5 Å². The molecular formula is C17H27ClN2. The van der Waals surface area contributed by atoms with Crippen LogP contribution in [0.3, 0.4) is 0 Å². The van der Waals surface area contributed by atoms with Gasteiger partial charge in [0.2, 0.25) is 0 Å². The molecule has 0 aromatic heterocycles. The van der Waals surface area contributed by atoms with Gasteiger partial charge in [0.15, 0.2) is 0 Å². The zero-order valence-electron chi connectivity index (χ0n) is 13.0. The Hall–Kier alpha value is -0.730. The van der Waals surface area contributed by atoms with Gasteiger partial charge in [0.25, 0.3) is 0 Å². The van der Waals surface area contributed by atoms with E-state index in [2.05, 4.69) is 43.1 Å². The van der Waals surface area contributed by atoms with Crippen molar-refractivity contribution in [2.45, 2.75) is 40.2 Å². The Bertz CT molecular complexity index is 427. The molecule has 0 atom stereocenters. The number of hydrogen-bond acceptors (Lipinski definition) is 2. The van der Waals surface area contributed by atoms with Gasteiger partial charge in [-0.25, -0.2) is 0 Å². The predicted molar refractivity (Wildman–Crippen MR) is 88.6 cm³/mol. The Morgan fingerprint density at radius 3 is 2.70 bits per heavy atom. The molecule has 1 aliphatic carbocycles. The van der Waals surface area contributed by atoms with Gasteiger partial charge in [-0.05, 0) is 50.3 Å². The minimum atomic E-state index is 0.662. The van der Waals surface area contributed by atoms with E-state index in [0.29, 0.717) is 5.92 Å². The number of nitrogens with one attached hydrogen (secondary N) is 1. The van der Waals surface area contributed by atoms with Gasteiger partial charge >= 0.3 is 0 Å². The van der Waals surface area contributed by atoms with Crippen LogP contribution in [0.4, 0.5) is 5.69 Å². The Morgan fingerprint density at radius 2 is 2.10 bits per heavy atom. The number of rotatable bonds is 8. The van der Waals surface area contributed by atoms with E-state index in [-0.39, 0.29) is 0 Å². The zero-order valence-corrected chi connectivity index (χ0v) is 13.7. The summed E-state index contributed by atoms with van der Waals surface area (Å²) in [5.41, 5.74) is 2.56. The molecule has 1 saturated carbocycles. The van der Waals surface area contributed by atoms with Crippen molar-refractivity contribution in [2.24, 2.45) is 11.8 Å². The third-order valence-corrected chi connectivity index (χ3v) is 4.20. The number of anilines is 1. The van der Waals surface area contributed by atoms with Crippen LogP contribution in [0.25, 0.3) is 0 Å². The largest absolute Gasteiger partial charge is 0.371 e. The Balaban J connectivity index is 2.10. The average molecular weight is 295 g/mol. The first-order valence-electron chi connectivity index (χ1n) is 7.84. The summed E-state index contributed by atoms with van der Waals surface area (Å²) in [7, 11) is 0. The molecule has 0 aliphatic heterocycles. The van der Waals surface area contributed by atoms with E-state index in [1.54, 1.807) is 0 Å². The summed E-state index contributed by atoms with van der Waals surface area (Å²) in [5, 5.41) is 4.40. The molecule has 0 saturated heterocycles. The molecular weight excluding hydrogens is 268 g/mol. The molecule has 3 heteroatoms. The Morgan fingerprint density at radius 1 is 1.35 bits per heavy atom. The maximum absolute atomic E-state index is 6.43. The van der Waals surface area contributed by atoms with Crippen LogP contribution in [-0.4, -0.2) is 19.6 Å². The van der Waals surface area contributed by atoms with Gasteiger partial charge in [0, 0.05) is 35.9 Å². The predicted octanol–water partition coefficient (Wildman–Crippen LogP) is 4.32. The molecule has 0 unspecified atom stereocenters. The topological polar surface area (TPSA) is 15.3 Å². The number of nitrogens with zero attached hydrogens (tertiary/aromatic N) is 1. The van der Waals surface area contributed by atoms with Crippen molar-refractivity contribution in [3.05, 3.63) is 28.8 Å². The lowest BCUT2D eigenvalue weighted by molar-refractivity contribution is 0.552. The van der Waals surface area contributed by atoms with Crippen molar-refractivity contribution < 1.29 is 0 Å². The van der Waals surface area contributed by atoms with Crippen molar-refractivity contribution in [1.29, 1.82) is 0 Å². The van der Waals surface area contributed by atoms with E-state index < -0.39 is 0 Å². The molecule has 20 heavy (non-hydrogen) atoms. The van der Waals surface area contributed by atoms with Gasteiger partial charge in [-0.3, -0.25) is 0 Å². The zero-order chi connectivity index (χ0) is 14.5. The van der Waals surface area contributed by atoms with E-state index in [1.807, 2.05) is 6.07 Å². The highest BCUT2D eigenvalue weighted by Crippen LogP contribution is 2.34. The summed E-state index contributed by atoms with van der Waals surface area (Å²) in [6.07, 6.45) is 2.77. The standard InChI is InChI=1S/C17H27ClN2/c1-4-20(12-14-8-9-14)17-7-5-6-16(18)15(17)11-19-10-13(2)3/h5-7,13-14,19H,4,8-12H2,1-3H3. The molecule has 1 fully saturated rings. The lowest BCUT2D eigenvalue weighted by Crippen LogP contribution is -2.28. The first kappa shape index (κ1) is 15.7. The molecule has 2 rings (SSSR count). The fourth-order valence-electron chi connectivity index (χ4n) is 2.51. The third-order valence-electron chi connectivity index (χ3n) is 3.85. The molecule has 0 bridgehead atoms. The second-order valence-electron chi connectivity index (χ2n) is 6.24. The number of benzene rings is 1. The summed E-state index contributed by atoms with van der Waals surface area (Å²) in [5.74, 6) is 1.56. The molecule has 112 valence electrons. The van der Waals surface area contributed by atoms with Crippen LogP contribution in [0.2, 0.25) is 5.02 Å². The van der Waals surface area contributed by atoms with Crippen LogP contribution in [0.5, 0.6) is 0 Å². The van der Waals surface area contributed by atoms with Crippen LogP contribution in [-0.2, 0) is 6.54 Å². The maximum atomic E-state index is 6.43. The van der Waals surface area contributed by atoms with Crippen LogP contribution in [0, 0.1) is 11.8 Å². The maximum Gasteiger partial charge on any atom is 0.0471 e. The highest BCUT2D eigenvalue weighted by molar-refractivity contribution is 6.31. The quantitative estimate of drug-likeness (QED) is 0.768. The smallest absolute Gasteiger partial charge is 0.0471 e. The van der Waals surface area contributed by atoms with E-state index in [0.717, 1.165) is 30.6 Å². The van der Waals surface area contributed by atoms with Gasteiger partial charge in [-0.1, -0.05) is 31.5 Å². The van der Waals surface area contributed by atoms with Gasteiger partial charge in [-0.2, -0.15) is 0 Å². The second-order valence-corrected chi connectivity index (χ2v) is 6.65. The summed E-state index contributed by atoms with van der Waals surface area (Å²) in [6.45, 7) is 10.8. The lowest BCUT2D eigenvalue weighted by Gasteiger charge is -2.26. The fraction of sp³-hybridized carbons (Fsp3) is 0.647. The minimum absolute atomic E-state index is 0.662. The fourth-order valence-corrected chi connectivity index (χ4v) is 2.75. The second kappa shape index (κ2) is 7.33. The Labute approximate surface area is 128 Å². The summed E-state index contributed by atoms with van der Waals surface area (Å²) in [4.78, 5) is 2.48. The number of halogens is 1. The lowest BCUT2D eigenvalue weighted by atomic mass is 10.1. The van der Waals surface area contributed by atoms with Crippen LogP contribution in [0.1, 0.15) is 39.2 Å². The van der Waals surface area contributed by atoms with E-state index in [1.165, 1.54) is 30.6 Å². The Kier molecular flexibility index (Phi) is 5.74. The highest BCUT2D eigenvalue weighted by atomic mass is 35.5. The van der Waals surface area contributed by atoms with Gasteiger partial charge in [0.05, 0.1) is 0 Å². The monoisotopic (exact) mass is 294 g/mol. The molecule has 2 nitrogen and oxygen atoms in total. The first-order chi connectivity index (χ1) is 9.61. The van der Waals surface area contributed by atoms with Crippen LogP contribution in [0.15, 0.2) is 18.2 Å². The molecule has 0 amide bonds. The van der Waals surface area contributed by atoms with Crippen molar-refractivity contribution in [1.82, 2.24) is 5.32 Å². The average Bonchev–Trinajstić information content (AvgIpc) is 3.21. The van der Waals surface area contributed by atoms with E-state index in [4.69, 9.17) is 11.6 Å². The molecule has 1 aliphatic rings. The molecule has 0 heterocycles. The highest BCUT2D eigenvalue weighted by Gasteiger charge is 2.25. The van der Waals surface area contributed by atoms with Gasteiger partial charge in [0.1, 0.15) is 0 Å². The van der Waals surface area contributed by atoms with Crippen LogP contribution < -0.4 is 10.2 Å². The third kappa shape index (κ3) is 4.39. The molecule has 1 N–H and O–H groups in total. The molecule has 1 aromatic carbocycles. The van der Waals surface area contributed by atoms with Crippen molar-refractivity contribution >= 4 is 17.3 Å². The van der Waals surface area contributed by atoms with Gasteiger partial charge < -0.3 is 10.2 Å². The SMILES string of the molecule is CCN(CC1CC1)c1cccc(Cl)c1CNCC(C)C. The summed E-state index contributed by atoms with van der Waals surface area (Å²) >= 11 is 6.43. The molecule has 0 radical (unpaired) electrons. The van der Waals surface area contributed by atoms with E-state index >= 15 is 0 Å². The summed E-state index contributed by atoms with van der Waals surface area (Å²) < 4.78 is 0. The van der Waals surface area contributed by atoms with Crippen molar-refractivity contribution in [3.63, 3.8) is 0 Å². The minimum Gasteiger partial charge on any atom is -0.371 e. The van der Waals surface area contributed by atoms with Gasteiger partial charge in [-0.15, -0.1) is 0 Å². The van der Waals surface area contributed by atoms with E-state index in [9.17, 15) is 0 Å². The first-order valence-corrected chi connectivity index (χ1v) is 8.22.